The Bertz CT molecular complexity index is 502. The minimum atomic E-state index is -0.390. The van der Waals surface area contributed by atoms with Crippen molar-refractivity contribution in [3.63, 3.8) is 0 Å². The summed E-state index contributed by atoms with van der Waals surface area (Å²) >= 11 is 0. The van der Waals surface area contributed by atoms with E-state index >= 15 is 0 Å². The van der Waals surface area contributed by atoms with Gasteiger partial charge in [-0.25, -0.2) is 4.79 Å². The van der Waals surface area contributed by atoms with E-state index in [0.29, 0.717) is 6.61 Å². The number of amides is 1. The highest BCUT2D eigenvalue weighted by atomic mass is 16.5. The number of likely N-dealkylation sites (N-methyl/N-ethyl adjacent to an activating group) is 1. The Morgan fingerprint density at radius 3 is 3.00 bits per heavy atom. The number of hydrogen-bond acceptors (Lipinski definition) is 3. The molecule has 1 heterocycles. The van der Waals surface area contributed by atoms with Gasteiger partial charge in [0, 0.05) is 5.69 Å². The quantitative estimate of drug-likeness (QED) is 0.771. The molecule has 1 aliphatic rings. The van der Waals surface area contributed by atoms with Crippen LogP contribution in [-0.4, -0.2) is 37.6 Å². The Labute approximate surface area is 118 Å². The van der Waals surface area contributed by atoms with Gasteiger partial charge in [-0.05, 0) is 31.5 Å². The topological polar surface area (TPSA) is 59.8 Å². The van der Waals surface area contributed by atoms with Crippen molar-refractivity contribution in [2.24, 2.45) is 0 Å². The summed E-state index contributed by atoms with van der Waals surface area (Å²) < 4.78 is 5.05. The van der Waals surface area contributed by atoms with E-state index in [1.165, 1.54) is 0 Å². The maximum absolute atomic E-state index is 12.1. The van der Waals surface area contributed by atoms with Gasteiger partial charge in [-0.2, -0.15) is 0 Å². The number of rotatable bonds is 4. The van der Waals surface area contributed by atoms with Crippen LogP contribution in [0.4, 0.5) is 5.69 Å². The molecule has 1 unspecified atom stereocenters. The summed E-state index contributed by atoms with van der Waals surface area (Å²) in [7, 11) is 0. The molecule has 1 saturated heterocycles. The van der Waals surface area contributed by atoms with Crippen LogP contribution in [0.5, 0.6) is 0 Å². The first-order chi connectivity index (χ1) is 9.60. The molecule has 5 nitrogen and oxygen atoms in total. The van der Waals surface area contributed by atoms with Gasteiger partial charge in [0.2, 0.25) is 5.91 Å². The second-order valence-corrected chi connectivity index (χ2v) is 5.10. The van der Waals surface area contributed by atoms with Gasteiger partial charge >= 0.3 is 5.97 Å². The zero-order valence-electron chi connectivity index (χ0n) is 11.9. The second kappa shape index (κ2) is 6.52. The molecule has 1 aromatic carbocycles. The summed E-state index contributed by atoms with van der Waals surface area (Å²) in [5.41, 5.74) is 1.85. The molecule has 20 heavy (non-hydrogen) atoms. The lowest BCUT2D eigenvalue weighted by Gasteiger charge is -2.29. The summed E-state index contributed by atoms with van der Waals surface area (Å²) in [5.74, 6) is -0.419. The van der Waals surface area contributed by atoms with Gasteiger partial charge in [-0.15, -0.1) is 0 Å². The number of morpholine rings is 1. The monoisotopic (exact) mass is 277 g/mol. The first kappa shape index (κ1) is 14.5. The number of carbonyl (C=O) groups is 2. The van der Waals surface area contributed by atoms with E-state index in [4.69, 9.17) is 4.74 Å². The third-order valence-corrected chi connectivity index (χ3v) is 3.59. The van der Waals surface area contributed by atoms with Gasteiger partial charge in [-0.1, -0.05) is 12.1 Å². The van der Waals surface area contributed by atoms with Crippen LogP contribution >= 0.6 is 0 Å². The van der Waals surface area contributed by atoms with Crippen LogP contribution in [0, 0.1) is 6.92 Å². The number of hydrogen-bond donors (Lipinski definition) is 2. The minimum Gasteiger partial charge on any atom is -0.455 e. The van der Waals surface area contributed by atoms with Crippen molar-refractivity contribution in [2.75, 3.05) is 25.0 Å². The lowest BCUT2D eigenvalue weighted by molar-refractivity contribution is -0.919. The summed E-state index contributed by atoms with van der Waals surface area (Å²) in [6.07, 6.45) is 0.163. The van der Waals surface area contributed by atoms with Gasteiger partial charge in [-0.3, -0.25) is 4.79 Å². The van der Waals surface area contributed by atoms with Crippen LogP contribution in [0.2, 0.25) is 0 Å². The minimum absolute atomic E-state index is 0.148. The SMILES string of the molecule is CC[NH+]1CCOC(=O)[C@@H]1CC(=O)Nc1cccc(C)c1. The maximum atomic E-state index is 12.1. The van der Waals surface area contributed by atoms with E-state index in [1.54, 1.807) is 0 Å². The number of aryl methyl sites for hydroxylation is 1. The number of ether oxygens (including phenoxy) is 1. The van der Waals surface area contributed by atoms with Crippen molar-refractivity contribution >= 4 is 17.6 Å². The second-order valence-electron chi connectivity index (χ2n) is 5.10. The van der Waals surface area contributed by atoms with Gasteiger partial charge in [0.1, 0.15) is 13.2 Å². The lowest BCUT2D eigenvalue weighted by atomic mass is 10.1. The third kappa shape index (κ3) is 3.57. The summed E-state index contributed by atoms with van der Waals surface area (Å²) in [6.45, 7) is 6.01. The fourth-order valence-corrected chi connectivity index (χ4v) is 2.50. The van der Waals surface area contributed by atoms with Crippen molar-refractivity contribution in [1.82, 2.24) is 0 Å². The molecular formula is C15H21N2O3+. The first-order valence-electron chi connectivity index (χ1n) is 6.98. The van der Waals surface area contributed by atoms with Crippen LogP contribution in [-0.2, 0) is 14.3 Å². The third-order valence-electron chi connectivity index (χ3n) is 3.59. The van der Waals surface area contributed by atoms with Crippen molar-refractivity contribution in [1.29, 1.82) is 0 Å². The van der Waals surface area contributed by atoms with E-state index in [2.05, 4.69) is 5.32 Å². The molecule has 0 spiro atoms. The standard InChI is InChI=1S/C15H20N2O3/c1-3-17-7-8-20-15(19)13(17)10-14(18)16-12-6-4-5-11(2)9-12/h4-6,9,13H,3,7-8,10H2,1-2H3,(H,16,18)/p+1/t13-/m0/s1. The van der Waals surface area contributed by atoms with Gasteiger partial charge in [0.25, 0.3) is 0 Å². The van der Waals surface area contributed by atoms with Crippen LogP contribution in [0.25, 0.3) is 0 Å². The van der Waals surface area contributed by atoms with Gasteiger partial charge < -0.3 is 15.0 Å². The van der Waals surface area contributed by atoms with Gasteiger partial charge in [0.05, 0.1) is 13.0 Å². The normalized spacial score (nSPS) is 22.2. The number of carbonyl (C=O) groups excluding carboxylic acids is 2. The molecule has 1 aliphatic heterocycles. The van der Waals surface area contributed by atoms with Crippen LogP contribution < -0.4 is 10.2 Å². The summed E-state index contributed by atoms with van der Waals surface area (Å²) in [6, 6.07) is 7.22. The predicted octanol–water partition coefficient (Wildman–Crippen LogP) is 0.154. The summed E-state index contributed by atoms with van der Waals surface area (Å²) in [4.78, 5) is 25.0. The highest BCUT2D eigenvalue weighted by Crippen LogP contribution is 2.10. The van der Waals surface area contributed by atoms with E-state index in [0.717, 1.165) is 29.2 Å². The van der Waals surface area contributed by atoms with E-state index < -0.39 is 6.04 Å². The largest absolute Gasteiger partial charge is 0.455 e. The van der Waals surface area contributed by atoms with Crippen molar-refractivity contribution in [3.8, 4) is 0 Å². The Morgan fingerprint density at radius 2 is 2.30 bits per heavy atom. The molecule has 0 bridgehead atoms. The Balaban J connectivity index is 1.97. The number of nitrogens with one attached hydrogen (secondary N) is 2. The van der Waals surface area contributed by atoms with Crippen molar-refractivity contribution < 1.29 is 19.2 Å². The number of cyclic esters (lactones) is 1. The zero-order valence-corrected chi connectivity index (χ0v) is 11.9. The Kier molecular flexibility index (Phi) is 4.74. The number of anilines is 1. The van der Waals surface area contributed by atoms with E-state index in [9.17, 15) is 9.59 Å². The number of quaternary nitrogens is 1. The predicted molar refractivity (Wildman–Crippen MR) is 75.5 cm³/mol. The molecule has 0 aliphatic carbocycles. The average molecular weight is 277 g/mol. The number of esters is 1. The smallest absolute Gasteiger partial charge is 0.365 e. The fraction of sp³-hybridized carbons (Fsp3) is 0.467. The molecule has 0 saturated carbocycles. The van der Waals surface area contributed by atoms with E-state index in [1.807, 2.05) is 38.1 Å². The van der Waals surface area contributed by atoms with Crippen molar-refractivity contribution in [3.05, 3.63) is 29.8 Å². The molecule has 2 N–H and O–H groups in total. The lowest BCUT2D eigenvalue weighted by Crippen LogP contribution is -3.18. The van der Waals surface area contributed by atoms with Crippen LogP contribution in [0.1, 0.15) is 18.9 Å². The zero-order chi connectivity index (χ0) is 14.5. The van der Waals surface area contributed by atoms with Crippen LogP contribution in [0.3, 0.4) is 0 Å². The summed E-state index contributed by atoms with van der Waals surface area (Å²) in [5, 5.41) is 2.84. The fourth-order valence-electron chi connectivity index (χ4n) is 2.50. The first-order valence-corrected chi connectivity index (χ1v) is 6.98. The van der Waals surface area contributed by atoms with Crippen LogP contribution in [0.15, 0.2) is 24.3 Å². The van der Waals surface area contributed by atoms with Gasteiger partial charge in [0.15, 0.2) is 6.04 Å². The molecule has 5 heteroatoms. The Hall–Kier alpha value is -1.88. The molecule has 1 fully saturated rings. The van der Waals surface area contributed by atoms with Crippen molar-refractivity contribution in [2.45, 2.75) is 26.3 Å². The molecule has 1 aromatic rings. The maximum Gasteiger partial charge on any atom is 0.365 e. The average Bonchev–Trinajstić information content (AvgIpc) is 2.41. The molecule has 2 atom stereocenters. The molecule has 108 valence electrons. The molecule has 0 aromatic heterocycles. The Morgan fingerprint density at radius 1 is 1.50 bits per heavy atom. The highest BCUT2D eigenvalue weighted by Gasteiger charge is 2.36. The number of benzene rings is 1. The molecule has 1 amide bonds. The molecular weight excluding hydrogens is 256 g/mol. The van der Waals surface area contributed by atoms with E-state index in [-0.39, 0.29) is 18.3 Å². The molecule has 2 rings (SSSR count). The highest BCUT2D eigenvalue weighted by molar-refractivity contribution is 5.94. The molecule has 0 radical (unpaired) electrons.